The van der Waals surface area contributed by atoms with Crippen LogP contribution < -0.4 is 5.32 Å². The van der Waals surface area contributed by atoms with Gasteiger partial charge in [-0.05, 0) is 50.5 Å². The van der Waals surface area contributed by atoms with Crippen molar-refractivity contribution >= 4 is 0 Å². The third kappa shape index (κ3) is 3.69. The highest BCUT2D eigenvalue weighted by Gasteiger charge is 2.36. The lowest BCUT2D eigenvalue weighted by atomic mass is 9.78. The van der Waals surface area contributed by atoms with Crippen LogP contribution in [0.25, 0.3) is 0 Å². The van der Waals surface area contributed by atoms with E-state index in [1.165, 1.54) is 38.8 Å². The molecular formula is C15H30N2O. The number of rotatable bonds is 6. The Labute approximate surface area is 112 Å². The van der Waals surface area contributed by atoms with Crippen LogP contribution in [0.1, 0.15) is 46.0 Å². The quantitative estimate of drug-likeness (QED) is 0.759. The number of piperidine rings is 1. The van der Waals surface area contributed by atoms with Crippen molar-refractivity contribution in [3.63, 3.8) is 0 Å². The molecule has 1 saturated heterocycles. The lowest BCUT2D eigenvalue weighted by molar-refractivity contribution is 0.0283. The van der Waals surface area contributed by atoms with E-state index in [9.17, 15) is 5.11 Å². The minimum absolute atomic E-state index is 0.347. The Hall–Kier alpha value is -0.120. The predicted octanol–water partition coefficient (Wildman–Crippen LogP) is 1.86. The molecular weight excluding hydrogens is 224 g/mol. The molecule has 1 saturated carbocycles. The Morgan fingerprint density at radius 2 is 2.00 bits per heavy atom. The average molecular weight is 254 g/mol. The van der Waals surface area contributed by atoms with Crippen molar-refractivity contribution in [2.45, 2.75) is 58.0 Å². The second-order valence-electron chi connectivity index (χ2n) is 6.45. The molecule has 0 aromatic rings. The van der Waals surface area contributed by atoms with E-state index in [1.807, 2.05) is 0 Å². The van der Waals surface area contributed by atoms with Crippen molar-refractivity contribution in [3.8, 4) is 0 Å². The van der Waals surface area contributed by atoms with E-state index < -0.39 is 0 Å². The monoisotopic (exact) mass is 254 g/mol. The third-order valence-electron chi connectivity index (χ3n) is 4.65. The van der Waals surface area contributed by atoms with E-state index in [0.29, 0.717) is 18.6 Å². The van der Waals surface area contributed by atoms with Crippen molar-refractivity contribution in [2.75, 3.05) is 26.2 Å². The molecule has 0 spiro atoms. The summed E-state index contributed by atoms with van der Waals surface area (Å²) in [5.41, 5.74) is 0. The standard InChI is InChI=1S/C15H30N2O/c1-3-5-16-14-9-13(4-6-18)10-17(11-14)15-7-12(2)8-15/h12-16,18H,3-11H2,1-2H3. The topological polar surface area (TPSA) is 35.5 Å². The normalized spacial score (nSPS) is 37.5. The lowest BCUT2D eigenvalue weighted by Gasteiger charge is -2.47. The summed E-state index contributed by atoms with van der Waals surface area (Å²) in [4.78, 5) is 2.69. The molecule has 2 aliphatic rings. The summed E-state index contributed by atoms with van der Waals surface area (Å²) in [5.74, 6) is 1.62. The summed E-state index contributed by atoms with van der Waals surface area (Å²) in [6, 6.07) is 1.47. The van der Waals surface area contributed by atoms with Crippen LogP contribution in [0.4, 0.5) is 0 Å². The lowest BCUT2D eigenvalue weighted by Crippen LogP contribution is -2.55. The smallest absolute Gasteiger partial charge is 0.0434 e. The van der Waals surface area contributed by atoms with Crippen molar-refractivity contribution in [3.05, 3.63) is 0 Å². The SMILES string of the molecule is CCCNC1CC(CCO)CN(C2CC(C)C2)C1. The maximum atomic E-state index is 9.18. The maximum Gasteiger partial charge on any atom is 0.0434 e. The van der Waals surface area contributed by atoms with Gasteiger partial charge in [0.15, 0.2) is 0 Å². The first-order valence-corrected chi connectivity index (χ1v) is 7.81. The number of nitrogens with one attached hydrogen (secondary N) is 1. The van der Waals surface area contributed by atoms with Gasteiger partial charge in [0, 0.05) is 31.8 Å². The van der Waals surface area contributed by atoms with Crippen molar-refractivity contribution in [2.24, 2.45) is 11.8 Å². The molecule has 3 heteroatoms. The number of aliphatic hydroxyl groups excluding tert-OH is 1. The van der Waals surface area contributed by atoms with Crippen LogP contribution in [0, 0.1) is 11.8 Å². The van der Waals surface area contributed by atoms with Gasteiger partial charge in [0.1, 0.15) is 0 Å². The zero-order chi connectivity index (χ0) is 13.0. The number of hydrogen-bond acceptors (Lipinski definition) is 3. The Balaban J connectivity index is 1.84. The summed E-state index contributed by atoms with van der Waals surface area (Å²) in [7, 11) is 0. The number of hydrogen-bond donors (Lipinski definition) is 2. The van der Waals surface area contributed by atoms with Gasteiger partial charge in [-0.2, -0.15) is 0 Å². The molecule has 2 fully saturated rings. The van der Waals surface area contributed by atoms with Gasteiger partial charge in [-0.25, -0.2) is 0 Å². The van der Waals surface area contributed by atoms with Gasteiger partial charge in [-0.1, -0.05) is 13.8 Å². The van der Waals surface area contributed by atoms with E-state index >= 15 is 0 Å². The van der Waals surface area contributed by atoms with E-state index in [0.717, 1.165) is 24.9 Å². The minimum atomic E-state index is 0.347. The highest BCUT2D eigenvalue weighted by molar-refractivity contribution is 4.91. The largest absolute Gasteiger partial charge is 0.396 e. The maximum absolute atomic E-state index is 9.18. The van der Waals surface area contributed by atoms with E-state index in [-0.39, 0.29) is 0 Å². The van der Waals surface area contributed by atoms with Crippen LogP contribution in [0.2, 0.25) is 0 Å². The molecule has 0 bridgehead atoms. The highest BCUT2D eigenvalue weighted by Crippen LogP contribution is 2.34. The first-order chi connectivity index (χ1) is 8.72. The summed E-state index contributed by atoms with van der Waals surface area (Å²) in [6.45, 7) is 8.50. The van der Waals surface area contributed by atoms with Gasteiger partial charge >= 0.3 is 0 Å². The molecule has 1 heterocycles. The molecule has 0 aromatic heterocycles. The van der Waals surface area contributed by atoms with Gasteiger partial charge in [0.2, 0.25) is 0 Å². The zero-order valence-corrected chi connectivity index (χ0v) is 12.1. The summed E-state index contributed by atoms with van der Waals surface area (Å²) in [5, 5.41) is 12.9. The zero-order valence-electron chi connectivity index (χ0n) is 12.1. The molecule has 0 amide bonds. The fourth-order valence-corrected chi connectivity index (χ4v) is 3.58. The van der Waals surface area contributed by atoms with Crippen LogP contribution in [-0.4, -0.2) is 48.3 Å². The van der Waals surface area contributed by atoms with E-state index in [2.05, 4.69) is 24.1 Å². The van der Waals surface area contributed by atoms with Gasteiger partial charge in [0.05, 0.1) is 0 Å². The van der Waals surface area contributed by atoms with Crippen molar-refractivity contribution in [1.82, 2.24) is 10.2 Å². The van der Waals surface area contributed by atoms with Crippen LogP contribution in [-0.2, 0) is 0 Å². The molecule has 2 N–H and O–H groups in total. The van der Waals surface area contributed by atoms with Crippen LogP contribution in [0.3, 0.4) is 0 Å². The van der Waals surface area contributed by atoms with E-state index in [4.69, 9.17) is 0 Å². The molecule has 2 rings (SSSR count). The van der Waals surface area contributed by atoms with Gasteiger partial charge in [0.25, 0.3) is 0 Å². The Bertz CT molecular complexity index is 241. The third-order valence-corrected chi connectivity index (χ3v) is 4.65. The first-order valence-electron chi connectivity index (χ1n) is 7.81. The molecule has 1 aliphatic heterocycles. The van der Waals surface area contributed by atoms with Crippen molar-refractivity contribution < 1.29 is 5.11 Å². The molecule has 18 heavy (non-hydrogen) atoms. The number of aliphatic hydroxyl groups is 1. The van der Waals surface area contributed by atoms with Crippen LogP contribution >= 0.6 is 0 Å². The fraction of sp³-hybridized carbons (Fsp3) is 1.00. The second kappa shape index (κ2) is 6.88. The molecule has 3 nitrogen and oxygen atoms in total. The van der Waals surface area contributed by atoms with Gasteiger partial charge in [-0.15, -0.1) is 0 Å². The second-order valence-corrected chi connectivity index (χ2v) is 6.45. The Kier molecular flexibility index (Phi) is 5.46. The van der Waals surface area contributed by atoms with Gasteiger partial charge in [-0.3, -0.25) is 4.90 Å². The summed E-state index contributed by atoms with van der Waals surface area (Å²) in [6.07, 6.45) is 6.20. The number of likely N-dealkylation sites (tertiary alicyclic amines) is 1. The summed E-state index contributed by atoms with van der Waals surface area (Å²) < 4.78 is 0. The average Bonchev–Trinajstić information content (AvgIpc) is 2.32. The fourth-order valence-electron chi connectivity index (χ4n) is 3.58. The first kappa shape index (κ1) is 14.3. The summed E-state index contributed by atoms with van der Waals surface area (Å²) >= 11 is 0. The van der Waals surface area contributed by atoms with Gasteiger partial charge < -0.3 is 10.4 Å². The molecule has 2 atom stereocenters. The molecule has 1 aliphatic carbocycles. The highest BCUT2D eigenvalue weighted by atomic mass is 16.3. The molecule has 0 radical (unpaired) electrons. The van der Waals surface area contributed by atoms with E-state index in [1.54, 1.807) is 0 Å². The minimum Gasteiger partial charge on any atom is -0.396 e. The van der Waals surface area contributed by atoms with Crippen LogP contribution in [0.5, 0.6) is 0 Å². The molecule has 0 aromatic carbocycles. The van der Waals surface area contributed by atoms with Crippen LogP contribution in [0.15, 0.2) is 0 Å². The Morgan fingerprint density at radius 1 is 1.22 bits per heavy atom. The predicted molar refractivity (Wildman–Crippen MR) is 75.7 cm³/mol. The van der Waals surface area contributed by atoms with Crippen molar-refractivity contribution in [1.29, 1.82) is 0 Å². The Morgan fingerprint density at radius 3 is 2.61 bits per heavy atom. The number of nitrogens with zero attached hydrogens (tertiary/aromatic N) is 1. The molecule has 2 unspecified atom stereocenters. The molecule has 106 valence electrons.